The van der Waals surface area contributed by atoms with E-state index in [1.165, 1.54) is 0 Å². The maximum absolute atomic E-state index is 12.1. The largest absolute Gasteiger partial charge is 0.474 e. The molecule has 1 aromatic rings. The van der Waals surface area contributed by atoms with Crippen LogP contribution in [0.5, 0.6) is 5.88 Å². The SMILES string of the molecule is C=CCC(C)OC(=O)c1cccnc1OC(C)CC=C. The summed E-state index contributed by atoms with van der Waals surface area (Å²) in [6.07, 6.45) is 6.02. The number of pyridine rings is 1. The number of nitrogens with zero attached hydrogens (tertiary/aromatic N) is 1. The number of aromatic nitrogens is 1. The molecule has 20 heavy (non-hydrogen) atoms. The van der Waals surface area contributed by atoms with Gasteiger partial charge in [0.1, 0.15) is 17.8 Å². The predicted molar refractivity (Wildman–Crippen MR) is 78.8 cm³/mol. The Morgan fingerprint density at radius 1 is 1.30 bits per heavy atom. The van der Waals surface area contributed by atoms with E-state index in [4.69, 9.17) is 9.47 Å². The van der Waals surface area contributed by atoms with Gasteiger partial charge in [-0.1, -0.05) is 12.2 Å². The van der Waals surface area contributed by atoms with Crippen molar-refractivity contribution in [2.24, 2.45) is 0 Å². The van der Waals surface area contributed by atoms with Crippen LogP contribution in [0.1, 0.15) is 37.0 Å². The van der Waals surface area contributed by atoms with Gasteiger partial charge in [-0.3, -0.25) is 0 Å². The second kappa shape index (κ2) is 8.15. The maximum Gasteiger partial charge on any atom is 0.343 e. The molecule has 0 saturated heterocycles. The normalized spacial score (nSPS) is 13.1. The second-order valence-electron chi connectivity index (χ2n) is 4.55. The van der Waals surface area contributed by atoms with Crippen LogP contribution in [0.3, 0.4) is 0 Å². The quantitative estimate of drug-likeness (QED) is 0.538. The van der Waals surface area contributed by atoms with Crippen molar-refractivity contribution in [2.45, 2.75) is 38.9 Å². The average Bonchev–Trinajstić information content (AvgIpc) is 2.39. The fraction of sp³-hybridized carbons (Fsp3) is 0.375. The molecule has 0 spiro atoms. The summed E-state index contributed by atoms with van der Waals surface area (Å²) in [5.74, 6) is -0.147. The van der Waals surface area contributed by atoms with E-state index in [2.05, 4.69) is 18.1 Å². The van der Waals surface area contributed by atoms with Crippen molar-refractivity contribution in [3.05, 3.63) is 49.2 Å². The molecule has 0 fully saturated rings. The van der Waals surface area contributed by atoms with Crippen LogP contribution in [0.4, 0.5) is 0 Å². The molecular formula is C16H21NO3. The zero-order chi connectivity index (χ0) is 15.0. The molecule has 108 valence electrons. The van der Waals surface area contributed by atoms with Gasteiger partial charge in [-0.2, -0.15) is 0 Å². The molecule has 0 N–H and O–H groups in total. The second-order valence-corrected chi connectivity index (χ2v) is 4.55. The Balaban J connectivity index is 2.80. The number of rotatable bonds is 8. The molecule has 2 atom stereocenters. The van der Waals surface area contributed by atoms with Gasteiger partial charge in [0.15, 0.2) is 0 Å². The van der Waals surface area contributed by atoms with Crippen molar-refractivity contribution in [1.29, 1.82) is 0 Å². The Bertz CT molecular complexity index is 471. The van der Waals surface area contributed by atoms with Crippen LogP contribution < -0.4 is 4.74 Å². The third kappa shape index (κ3) is 4.88. The van der Waals surface area contributed by atoms with Crippen molar-refractivity contribution < 1.29 is 14.3 Å². The molecule has 0 bridgehead atoms. The lowest BCUT2D eigenvalue weighted by molar-refractivity contribution is 0.0340. The fourth-order valence-electron chi connectivity index (χ4n) is 1.64. The Labute approximate surface area is 120 Å². The van der Waals surface area contributed by atoms with Crippen molar-refractivity contribution in [3.8, 4) is 5.88 Å². The van der Waals surface area contributed by atoms with Gasteiger partial charge in [0.05, 0.1) is 0 Å². The van der Waals surface area contributed by atoms with Gasteiger partial charge in [-0.25, -0.2) is 9.78 Å². The van der Waals surface area contributed by atoms with Crippen LogP contribution >= 0.6 is 0 Å². The Kier molecular flexibility index (Phi) is 6.50. The van der Waals surface area contributed by atoms with Gasteiger partial charge in [0.25, 0.3) is 0 Å². The Hall–Kier alpha value is -2.10. The summed E-state index contributed by atoms with van der Waals surface area (Å²) < 4.78 is 11.0. The number of carbonyl (C=O) groups is 1. The third-order valence-corrected chi connectivity index (χ3v) is 2.61. The molecule has 0 saturated carbocycles. The summed E-state index contributed by atoms with van der Waals surface area (Å²) in [6.45, 7) is 11.0. The van der Waals surface area contributed by atoms with Crippen LogP contribution in [-0.2, 0) is 4.74 Å². The van der Waals surface area contributed by atoms with E-state index < -0.39 is 5.97 Å². The predicted octanol–water partition coefficient (Wildman–Crippen LogP) is 3.55. The number of carbonyl (C=O) groups excluding carboxylic acids is 1. The highest BCUT2D eigenvalue weighted by Crippen LogP contribution is 2.19. The smallest absolute Gasteiger partial charge is 0.343 e. The molecule has 4 nitrogen and oxygen atoms in total. The van der Waals surface area contributed by atoms with E-state index in [9.17, 15) is 4.79 Å². The monoisotopic (exact) mass is 275 g/mol. The molecule has 0 radical (unpaired) electrons. The summed E-state index contributed by atoms with van der Waals surface area (Å²) >= 11 is 0. The average molecular weight is 275 g/mol. The Morgan fingerprint density at radius 3 is 2.60 bits per heavy atom. The molecular weight excluding hydrogens is 254 g/mol. The fourth-order valence-corrected chi connectivity index (χ4v) is 1.64. The molecule has 2 unspecified atom stereocenters. The number of hydrogen-bond acceptors (Lipinski definition) is 4. The first-order valence-corrected chi connectivity index (χ1v) is 6.63. The van der Waals surface area contributed by atoms with Gasteiger partial charge < -0.3 is 9.47 Å². The van der Waals surface area contributed by atoms with E-state index in [-0.39, 0.29) is 18.1 Å². The number of esters is 1. The van der Waals surface area contributed by atoms with Crippen molar-refractivity contribution in [3.63, 3.8) is 0 Å². The van der Waals surface area contributed by atoms with Gasteiger partial charge in [-0.05, 0) is 26.0 Å². The summed E-state index contributed by atoms with van der Waals surface area (Å²) in [5, 5.41) is 0. The van der Waals surface area contributed by atoms with E-state index >= 15 is 0 Å². The van der Waals surface area contributed by atoms with Crippen LogP contribution in [0.2, 0.25) is 0 Å². The molecule has 4 heteroatoms. The molecule has 1 rings (SSSR count). The van der Waals surface area contributed by atoms with Crippen LogP contribution in [0.15, 0.2) is 43.6 Å². The number of ether oxygens (including phenoxy) is 2. The van der Waals surface area contributed by atoms with Gasteiger partial charge >= 0.3 is 5.97 Å². The van der Waals surface area contributed by atoms with E-state index in [1.54, 1.807) is 30.5 Å². The summed E-state index contributed by atoms with van der Waals surface area (Å²) in [6, 6.07) is 3.33. The zero-order valence-electron chi connectivity index (χ0n) is 12.0. The first kappa shape index (κ1) is 16.0. The van der Waals surface area contributed by atoms with Crippen LogP contribution in [0.25, 0.3) is 0 Å². The molecule has 1 heterocycles. The standard InChI is InChI=1S/C16H21NO3/c1-5-8-12(3)19-15-14(10-7-11-17-15)16(18)20-13(4)9-6-2/h5-7,10-13H,1-2,8-9H2,3-4H3. The summed E-state index contributed by atoms with van der Waals surface area (Å²) in [5.41, 5.74) is 0.333. The van der Waals surface area contributed by atoms with E-state index in [0.717, 1.165) is 0 Å². The summed E-state index contributed by atoms with van der Waals surface area (Å²) in [7, 11) is 0. The minimum Gasteiger partial charge on any atom is -0.474 e. The van der Waals surface area contributed by atoms with Gasteiger partial charge in [-0.15, -0.1) is 13.2 Å². The first-order chi connectivity index (χ1) is 9.58. The summed E-state index contributed by atoms with van der Waals surface area (Å²) in [4.78, 5) is 16.2. The highest BCUT2D eigenvalue weighted by atomic mass is 16.5. The highest BCUT2D eigenvalue weighted by molar-refractivity contribution is 5.91. The van der Waals surface area contributed by atoms with E-state index in [1.807, 2.05) is 13.8 Å². The molecule has 1 aromatic heterocycles. The number of hydrogen-bond donors (Lipinski definition) is 0. The lowest BCUT2D eigenvalue weighted by Gasteiger charge is -2.16. The van der Waals surface area contributed by atoms with Crippen LogP contribution in [0, 0.1) is 0 Å². The topological polar surface area (TPSA) is 48.4 Å². The molecule has 0 aliphatic carbocycles. The van der Waals surface area contributed by atoms with E-state index in [0.29, 0.717) is 18.4 Å². The van der Waals surface area contributed by atoms with Crippen LogP contribution in [-0.4, -0.2) is 23.2 Å². The molecule has 0 amide bonds. The maximum atomic E-state index is 12.1. The highest BCUT2D eigenvalue weighted by Gasteiger charge is 2.18. The zero-order valence-corrected chi connectivity index (χ0v) is 12.0. The molecule has 0 aromatic carbocycles. The van der Waals surface area contributed by atoms with Crippen molar-refractivity contribution in [1.82, 2.24) is 4.98 Å². The lowest BCUT2D eigenvalue weighted by atomic mass is 10.2. The lowest BCUT2D eigenvalue weighted by Crippen LogP contribution is -2.18. The van der Waals surface area contributed by atoms with Gasteiger partial charge in [0, 0.05) is 19.0 Å². The minimum atomic E-state index is -0.437. The third-order valence-electron chi connectivity index (χ3n) is 2.61. The van der Waals surface area contributed by atoms with Gasteiger partial charge in [0.2, 0.25) is 5.88 Å². The van der Waals surface area contributed by atoms with Crippen molar-refractivity contribution >= 4 is 5.97 Å². The first-order valence-electron chi connectivity index (χ1n) is 6.63. The minimum absolute atomic E-state index is 0.0976. The Morgan fingerprint density at radius 2 is 1.95 bits per heavy atom. The molecule has 0 aliphatic heterocycles. The van der Waals surface area contributed by atoms with Crippen molar-refractivity contribution in [2.75, 3.05) is 0 Å². The molecule has 0 aliphatic rings.